The Labute approximate surface area is 166 Å². The highest BCUT2D eigenvalue weighted by Crippen LogP contribution is 2.31. The number of nitrogens with zero attached hydrogens (tertiary/aromatic N) is 1. The van der Waals surface area contributed by atoms with E-state index in [9.17, 15) is 9.59 Å². The fourth-order valence-corrected chi connectivity index (χ4v) is 4.40. The normalized spacial score (nSPS) is 10.8. The number of fused-ring (bicyclic) bond motifs is 1. The number of aromatic nitrogens is 1. The van der Waals surface area contributed by atoms with Crippen LogP contribution in [0.2, 0.25) is 0 Å². The summed E-state index contributed by atoms with van der Waals surface area (Å²) in [6.45, 7) is 5.84. The molecule has 3 rings (SSSR count). The third-order valence-corrected chi connectivity index (χ3v) is 6.34. The molecule has 2 aromatic carbocycles. The molecule has 0 fully saturated rings. The van der Waals surface area contributed by atoms with E-state index < -0.39 is 0 Å². The Balaban J connectivity index is 1.63. The highest BCUT2D eigenvalue weighted by atomic mass is 32.2. The second-order valence-corrected chi connectivity index (χ2v) is 8.40. The topological polar surface area (TPSA) is 71.1 Å². The van der Waals surface area contributed by atoms with Gasteiger partial charge in [-0.05, 0) is 49.2 Å². The minimum Gasteiger partial charge on any atom is -0.326 e. The molecule has 2 amide bonds. The number of benzene rings is 2. The van der Waals surface area contributed by atoms with Crippen molar-refractivity contribution in [1.82, 2.24) is 4.98 Å². The van der Waals surface area contributed by atoms with E-state index in [1.54, 1.807) is 0 Å². The number of rotatable bonds is 6. The Hall–Kier alpha value is -2.38. The Kier molecular flexibility index (Phi) is 6.13. The van der Waals surface area contributed by atoms with Gasteiger partial charge in [-0.15, -0.1) is 11.3 Å². The minimum absolute atomic E-state index is 0.0171. The number of thioether (sulfide) groups is 1. The van der Waals surface area contributed by atoms with Gasteiger partial charge in [-0.2, -0.15) is 0 Å². The number of aryl methyl sites for hydroxylation is 1. The monoisotopic (exact) mass is 399 g/mol. The Morgan fingerprint density at radius 3 is 2.70 bits per heavy atom. The van der Waals surface area contributed by atoms with Crippen LogP contribution < -0.4 is 10.6 Å². The molecule has 2 N–H and O–H groups in total. The Morgan fingerprint density at radius 1 is 1.11 bits per heavy atom. The van der Waals surface area contributed by atoms with E-state index in [1.807, 2.05) is 57.2 Å². The molecule has 0 aliphatic rings. The first-order chi connectivity index (χ1) is 13.0. The lowest BCUT2D eigenvalue weighted by atomic mass is 10.1. The summed E-state index contributed by atoms with van der Waals surface area (Å²) in [4.78, 5) is 28.3. The van der Waals surface area contributed by atoms with Crippen molar-refractivity contribution in [3.05, 3.63) is 47.5 Å². The van der Waals surface area contributed by atoms with E-state index in [2.05, 4.69) is 15.6 Å². The minimum atomic E-state index is -0.0520. The molecule has 0 spiro atoms. The van der Waals surface area contributed by atoms with Crippen molar-refractivity contribution in [1.29, 1.82) is 0 Å². The van der Waals surface area contributed by atoms with Crippen LogP contribution in [0.25, 0.3) is 10.2 Å². The van der Waals surface area contributed by atoms with E-state index in [0.29, 0.717) is 12.2 Å². The van der Waals surface area contributed by atoms with Gasteiger partial charge in [0, 0.05) is 17.8 Å². The van der Waals surface area contributed by atoms with Gasteiger partial charge in [0.05, 0.1) is 16.0 Å². The van der Waals surface area contributed by atoms with Crippen LogP contribution in [0.5, 0.6) is 0 Å². The molecule has 0 radical (unpaired) electrons. The van der Waals surface area contributed by atoms with E-state index >= 15 is 0 Å². The third kappa shape index (κ3) is 4.87. The highest BCUT2D eigenvalue weighted by molar-refractivity contribution is 8.01. The average Bonchev–Trinajstić information content (AvgIpc) is 3.06. The number of carbonyl (C=O) groups is 2. The molecule has 0 bridgehead atoms. The molecular formula is C20H21N3O2S2. The maximum atomic E-state index is 12.3. The summed E-state index contributed by atoms with van der Waals surface area (Å²) in [6.07, 6.45) is 0.442. The fraction of sp³-hybridized carbons (Fsp3) is 0.250. The van der Waals surface area contributed by atoms with Gasteiger partial charge in [0.2, 0.25) is 11.8 Å². The molecular weight excluding hydrogens is 378 g/mol. The molecule has 7 heteroatoms. The molecule has 0 unspecified atom stereocenters. The van der Waals surface area contributed by atoms with Crippen LogP contribution in [0.1, 0.15) is 24.5 Å². The van der Waals surface area contributed by atoms with E-state index in [0.717, 1.165) is 37.1 Å². The Bertz CT molecular complexity index is 998. The molecule has 27 heavy (non-hydrogen) atoms. The lowest BCUT2D eigenvalue weighted by molar-refractivity contribution is -0.116. The van der Waals surface area contributed by atoms with E-state index in [-0.39, 0.29) is 11.8 Å². The predicted octanol–water partition coefficient (Wildman–Crippen LogP) is 4.99. The van der Waals surface area contributed by atoms with Crippen molar-refractivity contribution >= 4 is 56.5 Å². The van der Waals surface area contributed by atoms with E-state index in [4.69, 9.17) is 0 Å². The summed E-state index contributed by atoms with van der Waals surface area (Å²) in [5, 5.41) is 5.81. The summed E-state index contributed by atoms with van der Waals surface area (Å²) in [7, 11) is 0. The van der Waals surface area contributed by atoms with Gasteiger partial charge in [-0.3, -0.25) is 9.59 Å². The maximum absolute atomic E-state index is 12.3. The Morgan fingerprint density at radius 2 is 1.93 bits per heavy atom. The fourth-order valence-electron chi connectivity index (χ4n) is 2.49. The molecule has 140 valence electrons. The van der Waals surface area contributed by atoms with Crippen molar-refractivity contribution in [3.63, 3.8) is 0 Å². The van der Waals surface area contributed by atoms with Crippen LogP contribution in [0.15, 0.2) is 40.7 Å². The summed E-state index contributed by atoms with van der Waals surface area (Å²) in [5.41, 5.74) is 4.71. The zero-order chi connectivity index (χ0) is 19.4. The van der Waals surface area contributed by atoms with Gasteiger partial charge in [-0.25, -0.2) is 4.98 Å². The SMILES string of the molecule is CCC(=O)Nc1ccc2nc(SCC(=O)Nc3cccc(C)c3C)sc2c1. The van der Waals surface area contributed by atoms with Gasteiger partial charge in [0.25, 0.3) is 0 Å². The van der Waals surface area contributed by atoms with Crippen molar-refractivity contribution in [2.45, 2.75) is 31.5 Å². The van der Waals surface area contributed by atoms with Crippen molar-refractivity contribution in [2.24, 2.45) is 0 Å². The first-order valence-electron chi connectivity index (χ1n) is 8.65. The lowest BCUT2D eigenvalue weighted by Crippen LogP contribution is -2.15. The van der Waals surface area contributed by atoms with Crippen LogP contribution in [0.4, 0.5) is 11.4 Å². The van der Waals surface area contributed by atoms with Gasteiger partial charge in [0.15, 0.2) is 4.34 Å². The molecule has 1 aromatic heterocycles. The highest BCUT2D eigenvalue weighted by Gasteiger charge is 2.10. The number of hydrogen-bond donors (Lipinski definition) is 2. The van der Waals surface area contributed by atoms with Crippen LogP contribution in [0.3, 0.4) is 0 Å². The number of thiazole rings is 1. The average molecular weight is 400 g/mol. The lowest BCUT2D eigenvalue weighted by Gasteiger charge is -2.09. The van der Waals surface area contributed by atoms with Crippen molar-refractivity contribution in [2.75, 3.05) is 16.4 Å². The molecule has 0 saturated carbocycles. The van der Waals surface area contributed by atoms with Gasteiger partial charge in [0.1, 0.15) is 0 Å². The first kappa shape index (κ1) is 19.4. The van der Waals surface area contributed by atoms with Crippen LogP contribution in [-0.4, -0.2) is 22.6 Å². The predicted molar refractivity (Wildman–Crippen MR) is 114 cm³/mol. The van der Waals surface area contributed by atoms with Gasteiger partial charge >= 0.3 is 0 Å². The molecule has 0 aliphatic carbocycles. The molecule has 0 saturated heterocycles. The summed E-state index contributed by atoms with van der Waals surface area (Å²) < 4.78 is 1.82. The van der Waals surface area contributed by atoms with E-state index in [1.165, 1.54) is 23.1 Å². The quantitative estimate of drug-likeness (QED) is 0.573. The zero-order valence-electron chi connectivity index (χ0n) is 15.5. The largest absolute Gasteiger partial charge is 0.326 e. The van der Waals surface area contributed by atoms with Crippen LogP contribution in [-0.2, 0) is 9.59 Å². The van der Waals surface area contributed by atoms with Gasteiger partial charge < -0.3 is 10.6 Å². The zero-order valence-corrected chi connectivity index (χ0v) is 17.1. The van der Waals surface area contributed by atoms with Gasteiger partial charge in [-0.1, -0.05) is 30.8 Å². The summed E-state index contributed by atoms with van der Waals surface area (Å²) in [5.74, 6) is 0.229. The van der Waals surface area contributed by atoms with Crippen molar-refractivity contribution in [3.8, 4) is 0 Å². The molecule has 5 nitrogen and oxygen atoms in total. The number of amides is 2. The molecule has 0 atom stereocenters. The summed E-state index contributed by atoms with van der Waals surface area (Å²) in [6, 6.07) is 11.5. The molecule has 1 heterocycles. The summed E-state index contributed by atoms with van der Waals surface area (Å²) >= 11 is 2.94. The maximum Gasteiger partial charge on any atom is 0.234 e. The number of hydrogen-bond acceptors (Lipinski definition) is 5. The number of nitrogens with one attached hydrogen (secondary N) is 2. The molecule has 3 aromatic rings. The van der Waals surface area contributed by atoms with Crippen molar-refractivity contribution < 1.29 is 9.59 Å². The number of carbonyl (C=O) groups excluding carboxylic acids is 2. The van der Waals surface area contributed by atoms with Crippen LogP contribution >= 0.6 is 23.1 Å². The smallest absolute Gasteiger partial charge is 0.234 e. The first-order valence-corrected chi connectivity index (χ1v) is 10.5. The second kappa shape index (κ2) is 8.54. The second-order valence-electron chi connectivity index (χ2n) is 6.15. The van der Waals surface area contributed by atoms with Crippen LogP contribution in [0, 0.1) is 13.8 Å². The number of anilines is 2. The third-order valence-electron chi connectivity index (χ3n) is 4.18. The molecule has 0 aliphatic heterocycles. The standard InChI is InChI=1S/C20H21N3O2S2/c1-4-18(24)21-14-8-9-16-17(10-14)27-20(23-16)26-11-19(25)22-15-7-5-6-12(2)13(15)3/h5-10H,4,11H2,1-3H3,(H,21,24)(H,22,25).